The monoisotopic (exact) mass is 281 g/mol. The molecule has 7 nitrogen and oxygen atoms in total. The van der Waals surface area contributed by atoms with Gasteiger partial charge in [-0.05, 0) is 0 Å². The molecule has 0 fully saturated rings. The Labute approximate surface area is 107 Å². The number of rotatable bonds is 6. The van der Waals surface area contributed by atoms with Gasteiger partial charge in [0.2, 0.25) is 0 Å². The largest absolute Gasteiger partial charge is 0.468 e. The van der Waals surface area contributed by atoms with Crippen LogP contribution in [0.2, 0.25) is 0 Å². The number of carbonyl (C=O) groups excluding carboxylic acids is 2. The Morgan fingerprint density at radius 3 is 2.47 bits per heavy atom. The molecule has 1 amide bonds. The number of amidine groups is 1. The van der Waals surface area contributed by atoms with E-state index in [4.69, 9.17) is 11.5 Å². The first-order valence-electron chi connectivity index (χ1n) is 4.50. The van der Waals surface area contributed by atoms with Crippen molar-refractivity contribution in [1.29, 1.82) is 0 Å². The fourth-order valence-corrected chi connectivity index (χ4v) is 2.63. The van der Waals surface area contributed by atoms with Crippen molar-refractivity contribution in [2.45, 2.75) is 6.04 Å². The van der Waals surface area contributed by atoms with Crippen molar-refractivity contribution in [3.63, 3.8) is 0 Å². The van der Waals surface area contributed by atoms with E-state index in [9.17, 15) is 9.59 Å². The molecule has 98 valence electrons. The van der Waals surface area contributed by atoms with Gasteiger partial charge in [-0.2, -0.15) is 4.99 Å². The lowest BCUT2D eigenvalue weighted by atomic mass is 10.4. The van der Waals surface area contributed by atoms with Gasteiger partial charge in [0.15, 0.2) is 0 Å². The van der Waals surface area contributed by atoms with Crippen LogP contribution in [-0.4, -0.2) is 49.7 Å². The van der Waals surface area contributed by atoms with E-state index in [1.807, 2.05) is 0 Å². The fourth-order valence-electron chi connectivity index (χ4n) is 0.638. The normalized spacial score (nSPS) is 13.0. The molecule has 0 aliphatic heterocycles. The second-order valence-electron chi connectivity index (χ2n) is 2.75. The van der Waals surface area contributed by atoms with Crippen LogP contribution in [0.25, 0.3) is 0 Å². The van der Waals surface area contributed by atoms with Crippen LogP contribution < -0.4 is 11.5 Å². The Kier molecular flexibility index (Phi) is 8.64. The topological polar surface area (TPSA) is 117 Å². The lowest BCUT2D eigenvalue weighted by Gasteiger charge is -2.07. The van der Waals surface area contributed by atoms with Crippen LogP contribution in [0, 0.1) is 0 Å². The number of nitrogens with two attached hydrogens (primary N) is 2. The van der Waals surface area contributed by atoms with Crippen molar-refractivity contribution in [1.82, 2.24) is 0 Å². The minimum Gasteiger partial charge on any atom is -0.468 e. The van der Waals surface area contributed by atoms with Gasteiger partial charge >= 0.3 is 12.1 Å². The smallest absolute Gasteiger partial charge is 0.435 e. The van der Waals surface area contributed by atoms with E-state index in [-0.39, 0.29) is 5.84 Å². The molecule has 0 spiro atoms. The molecule has 9 heteroatoms. The number of hydrogen-bond donors (Lipinski definition) is 2. The highest BCUT2D eigenvalue weighted by atomic mass is 33.1. The van der Waals surface area contributed by atoms with Crippen molar-refractivity contribution in [2.24, 2.45) is 16.5 Å². The number of esters is 1. The lowest BCUT2D eigenvalue weighted by Crippen LogP contribution is -2.33. The van der Waals surface area contributed by atoms with Gasteiger partial charge in [-0.1, -0.05) is 21.6 Å². The molecule has 0 radical (unpaired) electrons. The van der Waals surface area contributed by atoms with Gasteiger partial charge in [-0.3, -0.25) is 4.79 Å². The van der Waals surface area contributed by atoms with Crippen LogP contribution in [0.1, 0.15) is 0 Å². The number of carbonyl (C=O) groups is 2. The Hall–Kier alpha value is -0.930. The first kappa shape index (κ1) is 16.1. The predicted molar refractivity (Wildman–Crippen MR) is 68.9 cm³/mol. The van der Waals surface area contributed by atoms with E-state index in [0.717, 1.165) is 0 Å². The molecule has 1 atom stereocenters. The summed E-state index contributed by atoms with van der Waals surface area (Å²) in [5, 5.41) is 0. The van der Waals surface area contributed by atoms with Crippen LogP contribution in [0.4, 0.5) is 4.79 Å². The average Bonchev–Trinajstić information content (AvgIpc) is 2.32. The molecular weight excluding hydrogens is 266 g/mol. The molecule has 4 N–H and O–H groups in total. The molecule has 0 rings (SSSR count). The summed E-state index contributed by atoms with van der Waals surface area (Å²) in [6.07, 6.45) is -0.737. The molecule has 0 bridgehead atoms. The van der Waals surface area contributed by atoms with Crippen molar-refractivity contribution in [3.05, 3.63) is 0 Å². The quantitative estimate of drug-likeness (QED) is 0.229. The Balaban J connectivity index is 3.74. The van der Waals surface area contributed by atoms with E-state index >= 15 is 0 Å². The Morgan fingerprint density at radius 1 is 1.29 bits per heavy atom. The molecule has 0 aromatic carbocycles. The average molecular weight is 281 g/mol. The third-order valence-electron chi connectivity index (χ3n) is 1.45. The van der Waals surface area contributed by atoms with Gasteiger partial charge in [0.25, 0.3) is 0 Å². The first-order chi connectivity index (χ1) is 8.01. The number of aliphatic imine (C=N–C) groups is 1. The number of ether oxygens (including phenoxy) is 2. The number of nitrogens with zero attached hydrogens (tertiary/aromatic N) is 1. The van der Waals surface area contributed by atoms with Gasteiger partial charge in [0.1, 0.15) is 11.9 Å². The van der Waals surface area contributed by atoms with Gasteiger partial charge in [-0.15, -0.1) is 0 Å². The van der Waals surface area contributed by atoms with Crippen LogP contribution in [-0.2, 0) is 14.3 Å². The van der Waals surface area contributed by atoms with Gasteiger partial charge in [0.05, 0.1) is 20.0 Å². The lowest BCUT2D eigenvalue weighted by molar-refractivity contribution is -0.141. The summed E-state index contributed by atoms with van der Waals surface area (Å²) in [4.78, 5) is 25.1. The van der Waals surface area contributed by atoms with Gasteiger partial charge in [0, 0.05) is 5.75 Å². The van der Waals surface area contributed by atoms with E-state index in [1.54, 1.807) is 0 Å². The first-order valence-corrected chi connectivity index (χ1v) is 6.98. The Morgan fingerprint density at radius 2 is 1.94 bits per heavy atom. The summed E-state index contributed by atoms with van der Waals surface area (Å²) in [6, 6.07) is -0.670. The molecule has 0 heterocycles. The molecule has 17 heavy (non-hydrogen) atoms. The zero-order valence-corrected chi connectivity index (χ0v) is 11.2. The highest BCUT2D eigenvalue weighted by Gasteiger charge is 2.13. The molecule has 0 aliphatic carbocycles. The maximum Gasteiger partial charge on any atom is 0.435 e. The maximum absolute atomic E-state index is 10.9. The second-order valence-corrected chi connectivity index (χ2v) is 5.26. The third kappa shape index (κ3) is 7.88. The maximum atomic E-state index is 10.9. The molecular formula is C8H15N3O4S2. The summed E-state index contributed by atoms with van der Waals surface area (Å²) in [5.74, 6) is 0.423. The minimum absolute atomic E-state index is 0.154. The standard InChI is InChI=1S/C8H15N3O4S2/c1-14-7(12)5(9)3-16-17-4-6(10)11-8(13)15-2/h5H,3-4,9H2,1-2H3,(H2,10,11,13). The van der Waals surface area contributed by atoms with E-state index < -0.39 is 18.1 Å². The predicted octanol–water partition coefficient (Wildman–Crippen LogP) is -0.00830. The third-order valence-corrected chi connectivity index (χ3v) is 3.79. The fraction of sp³-hybridized carbons (Fsp3) is 0.625. The Bertz CT molecular complexity index is 298. The van der Waals surface area contributed by atoms with Crippen LogP contribution in [0.5, 0.6) is 0 Å². The molecule has 1 unspecified atom stereocenters. The van der Waals surface area contributed by atoms with Crippen molar-refractivity contribution < 1.29 is 19.1 Å². The summed E-state index contributed by atoms with van der Waals surface area (Å²) in [7, 11) is 5.18. The van der Waals surface area contributed by atoms with Crippen molar-refractivity contribution >= 4 is 39.5 Å². The summed E-state index contributed by atoms with van der Waals surface area (Å²) < 4.78 is 8.77. The molecule has 0 saturated carbocycles. The van der Waals surface area contributed by atoms with Crippen LogP contribution in [0.15, 0.2) is 4.99 Å². The summed E-state index contributed by atoms with van der Waals surface area (Å²) >= 11 is 0. The number of methoxy groups -OCH3 is 2. The van der Waals surface area contributed by atoms with Gasteiger partial charge in [-0.25, -0.2) is 4.79 Å². The number of amides is 1. The second kappa shape index (κ2) is 9.14. The summed E-state index contributed by atoms with van der Waals surface area (Å²) in [6.45, 7) is 0. The highest BCUT2D eigenvalue weighted by molar-refractivity contribution is 8.76. The highest BCUT2D eigenvalue weighted by Crippen LogP contribution is 2.21. The van der Waals surface area contributed by atoms with Crippen molar-refractivity contribution in [2.75, 3.05) is 25.7 Å². The molecule has 0 aliphatic rings. The molecule has 0 saturated heterocycles. The van der Waals surface area contributed by atoms with E-state index in [1.165, 1.54) is 35.8 Å². The molecule has 0 aromatic heterocycles. The molecule has 0 aromatic rings. The van der Waals surface area contributed by atoms with Gasteiger partial charge < -0.3 is 20.9 Å². The van der Waals surface area contributed by atoms with Crippen LogP contribution in [0.3, 0.4) is 0 Å². The zero-order valence-electron chi connectivity index (χ0n) is 9.54. The van der Waals surface area contributed by atoms with Crippen LogP contribution >= 0.6 is 21.6 Å². The van der Waals surface area contributed by atoms with E-state index in [2.05, 4.69) is 14.5 Å². The SMILES string of the molecule is COC(=O)N=C(N)CSSCC(N)C(=O)OC. The zero-order chi connectivity index (χ0) is 13.3. The minimum atomic E-state index is -0.737. The van der Waals surface area contributed by atoms with Crippen molar-refractivity contribution in [3.8, 4) is 0 Å². The number of hydrogen-bond acceptors (Lipinski definition) is 7. The van der Waals surface area contributed by atoms with E-state index in [0.29, 0.717) is 11.5 Å². The summed E-state index contributed by atoms with van der Waals surface area (Å²) in [5.41, 5.74) is 10.9.